The van der Waals surface area contributed by atoms with Crippen LogP contribution < -0.4 is 5.32 Å². The smallest absolute Gasteiger partial charge is 0.0275 e. The van der Waals surface area contributed by atoms with Crippen LogP contribution in [0, 0.1) is 17.8 Å². The predicted octanol–water partition coefficient (Wildman–Crippen LogP) is 2.20. The zero-order chi connectivity index (χ0) is 8.55. The van der Waals surface area contributed by atoms with Gasteiger partial charge in [-0.25, -0.2) is 0 Å². The van der Waals surface area contributed by atoms with Crippen molar-refractivity contribution < 1.29 is 0 Å². The Balaban J connectivity index is 1.85. The van der Waals surface area contributed by atoms with Crippen LogP contribution in [0.3, 0.4) is 0 Å². The Morgan fingerprint density at radius 1 is 1.42 bits per heavy atom. The number of hydrogen-bond acceptors (Lipinski definition) is 1. The minimum absolute atomic E-state index is 0.586. The van der Waals surface area contributed by atoms with Crippen molar-refractivity contribution in [3.8, 4) is 0 Å². The van der Waals surface area contributed by atoms with E-state index in [0.29, 0.717) is 6.04 Å². The molecule has 0 heterocycles. The van der Waals surface area contributed by atoms with Crippen molar-refractivity contribution in [2.75, 3.05) is 6.54 Å². The fourth-order valence-electron chi connectivity index (χ4n) is 2.73. The maximum atomic E-state index is 3.90. The van der Waals surface area contributed by atoms with Crippen molar-refractivity contribution in [2.24, 2.45) is 17.8 Å². The molecule has 2 aliphatic carbocycles. The Bertz CT molecular complexity index is 166. The lowest BCUT2D eigenvalue weighted by Gasteiger charge is -2.21. The summed E-state index contributed by atoms with van der Waals surface area (Å²) in [5.74, 6) is 3.08. The lowest BCUT2D eigenvalue weighted by molar-refractivity contribution is 0.389. The highest BCUT2D eigenvalue weighted by Crippen LogP contribution is 2.55. The first-order valence-corrected chi connectivity index (χ1v) is 5.21. The molecule has 0 radical (unpaired) electrons. The Kier molecular flexibility index (Phi) is 2.22. The molecule has 1 nitrogen and oxygen atoms in total. The molecule has 0 aromatic carbocycles. The summed E-state index contributed by atoms with van der Waals surface area (Å²) < 4.78 is 0. The minimum Gasteiger partial charge on any atom is -0.311 e. The Labute approximate surface area is 75.2 Å². The molecule has 0 spiro atoms. The molecular formula is C11H19N. The lowest BCUT2D eigenvalue weighted by atomic mass is 9.94. The summed E-state index contributed by atoms with van der Waals surface area (Å²) in [7, 11) is 0. The van der Waals surface area contributed by atoms with E-state index < -0.39 is 0 Å². The van der Waals surface area contributed by atoms with Gasteiger partial charge in [0.05, 0.1) is 0 Å². The summed E-state index contributed by atoms with van der Waals surface area (Å²) in [4.78, 5) is 0. The molecule has 2 saturated carbocycles. The van der Waals surface area contributed by atoms with E-state index in [2.05, 4.69) is 24.9 Å². The van der Waals surface area contributed by atoms with Gasteiger partial charge in [0.15, 0.2) is 0 Å². The highest BCUT2D eigenvalue weighted by atomic mass is 14.9. The number of fused-ring (bicyclic) bond motifs is 1. The Hall–Kier alpha value is -0.300. The molecule has 3 unspecified atom stereocenters. The molecule has 0 aromatic heterocycles. The van der Waals surface area contributed by atoms with E-state index in [-0.39, 0.29) is 0 Å². The molecule has 68 valence electrons. The zero-order valence-corrected chi connectivity index (χ0v) is 7.92. The largest absolute Gasteiger partial charge is 0.311 e. The number of nitrogens with one attached hydrogen (secondary N) is 1. The lowest BCUT2D eigenvalue weighted by Crippen LogP contribution is -2.33. The summed E-state index contributed by atoms with van der Waals surface area (Å²) in [6.45, 7) is 7.15. The molecule has 0 aliphatic heterocycles. The van der Waals surface area contributed by atoms with Gasteiger partial charge in [0.1, 0.15) is 0 Å². The molecule has 2 rings (SSSR count). The van der Waals surface area contributed by atoms with Crippen LogP contribution in [-0.4, -0.2) is 12.6 Å². The normalized spacial score (nSPS) is 40.6. The van der Waals surface area contributed by atoms with Crippen molar-refractivity contribution >= 4 is 0 Å². The van der Waals surface area contributed by atoms with Crippen LogP contribution in [0.1, 0.15) is 26.2 Å². The Morgan fingerprint density at radius 3 is 2.58 bits per heavy atom. The van der Waals surface area contributed by atoms with Crippen LogP contribution in [0.5, 0.6) is 0 Å². The average molecular weight is 165 g/mol. The maximum Gasteiger partial charge on any atom is 0.0275 e. The monoisotopic (exact) mass is 165 g/mol. The van der Waals surface area contributed by atoms with Crippen molar-refractivity contribution in [3.63, 3.8) is 0 Å². The summed E-state index contributed by atoms with van der Waals surface area (Å²) >= 11 is 0. The molecule has 2 aliphatic rings. The molecule has 0 amide bonds. The number of hydrogen-bond donors (Lipinski definition) is 1. The molecule has 0 bridgehead atoms. The van der Waals surface area contributed by atoms with E-state index in [9.17, 15) is 0 Å². The fourth-order valence-corrected chi connectivity index (χ4v) is 2.73. The van der Waals surface area contributed by atoms with Crippen LogP contribution in [0.4, 0.5) is 0 Å². The van der Waals surface area contributed by atoms with Gasteiger partial charge in [-0.15, -0.1) is 6.58 Å². The molecule has 0 aromatic rings. The number of likely N-dealkylation sites (N-methyl/N-ethyl adjacent to an activating group) is 1. The maximum absolute atomic E-state index is 3.90. The second-order valence-corrected chi connectivity index (χ2v) is 4.31. The SMILES string of the molecule is C=CC(NCC)C1CC2CC2C1. The van der Waals surface area contributed by atoms with Crippen LogP contribution in [0.25, 0.3) is 0 Å². The van der Waals surface area contributed by atoms with Gasteiger partial charge < -0.3 is 5.32 Å². The average Bonchev–Trinajstić information content (AvgIpc) is 2.70. The van der Waals surface area contributed by atoms with Crippen LogP contribution >= 0.6 is 0 Å². The second kappa shape index (κ2) is 3.21. The highest BCUT2D eigenvalue weighted by Gasteiger charge is 2.47. The third-order valence-electron chi connectivity index (χ3n) is 3.48. The van der Waals surface area contributed by atoms with Gasteiger partial charge in [-0.1, -0.05) is 13.0 Å². The van der Waals surface area contributed by atoms with E-state index in [0.717, 1.165) is 24.3 Å². The van der Waals surface area contributed by atoms with E-state index in [4.69, 9.17) is 0 Å². The fraction of sp³-hybridized carbons (Fsp3) is 0.818. The summed E-state index contributed by atoms with van der Waals surface area (Å²) in [5.41, 5.74) is 0. The molecular weight excluding hydrogens is 146 g/mol. The van der Waals surface area contributed by atoms with Crippen molar-refractivity contribution in [1.82, 2.24) is 5.32 Å². The van der Waals surface area contributed by atoms with Gasteiger partial charge in [-0.2, -0.15) is 0 Å². The van der Waals surface area contributed by atoms with E-state index in [1.54, 1.807) is 0 Å². The van der Waals surface area contributed by atoms with Crippen molar-refractivity contribution in [1.29, 1.82) is 0 Å². The molecule has 1 N–H and O–H groups in total. The number of rotatable bonds is 4. The molecule has 1 heteroatoms. The van der Waals surface area contributed by atoms with Gasteiger partial charge >= 0.3 is 0 Å². The third-order valence-corrected chi connectivity index (χ3v) is 3.48. The van der Waals surface area contributed by atoms with E-state index in [1.807, 2.05) is 0 Å². The molecule has 0 saturated heterocycles. The zero-order valence-electron chi connectivity index (χ0n) is 7.92. The van der Waals surface area contributed by atoms with Gasteiger partial charge in [0, 0.05) is 6.04 Å². The highest BCUT2D eigenvalue weighted by molar-refractivity contribution is 5.03. The first-order valence-electron chi connectivity index (χ1n) is 5.21. The van der Waals surface area contributed by atoms with Gasteiger partial charge in [0.25, 0.3) is 0 Å². The molecule has 2 fully saturated rings. The van der Waals surface area contributed by atoms with Crippen LogP contribution in [-0.2, 0) is 0 Å². The van der Waals surface area contributed by atoms with E-state index in [1.165, 1.54) is 19.3 Å². The standard InChI is InChI=1S/C11H19N/c1-3-11(12-4-2)10-6-8-5-9(8)7-10/h3,8-12H,1,4-7H2,2H3. The third kappa shape index (κ3) is 1.42. The van der Waals surface area contributed by atoms with Crippen LogP contribution in [0.15, 0.2) is 12.7 Å². The second-order valence-electron chi connectivity index (χ2n) is 4.31. The van der Waals surface area contributed by atoms with E-state index >= 15 is 0 Å². The minimum atomic E-state index is 0.586. The van der Waals surface area contributed by atoms with Crippen molar-refractivity contribution in [2.45, 2.75) is 32.2 Å². The van der Waals surface area contributed by atoms with Crippen molar-refractivity contribution in [3.05, 3.63) is 12.7 Å². The first kappa shape index (κ1) is 8.31. The molecule has 12 heavy (non-hydrogen) atoms. The predicted molar refractivity (Wildman–Crippen MR) is 52.0 cm³/mol. The van der Waals surface area contributed by atoms with Gasteiger partial charge in [-0.05, 0) is 43.6 Å². The quantitative estimate of drug-likeness (QED) is 0.630. The summed E-state index contributed by atoms with van der Waals surface area (Å²) in [6, 6.07) is 0.586. The first-order chi connectivity index (χ1) is 5.85. The van der Waals surface area contributed by atoms with Gasteiger partial charge in [-0.3, -0.25) is 0 Å². The summed E-state index contributed by atoms with van der Waals surface area (Å²) in [5, 5.41) is 3.50. The van der Waals surface area contributed by atoms with Gasteiger partial charge in [0.2, 0.25) is 0 Å². The topological polar surface area (TPSA) is 12.0 Å². The summed E-state index contributed by atoms with van der Waals surface area (Å²) in [6.07, 6.45) is 6.52. The molecule has 3 atom stereocenters. The van der Waals surface area contributed by atoms with Crippen LogP contribution in [0.2, 0.25) is 0 Å². The Morgan fingerprint density at radius 2 is 2.08 bits per heavy atom.